The van der Waals surface area contributed by atoms with Crippen molar-refractivity contribution in [2.75, 3.05) is 5.73 Å². The molecule has 0 bridgehead atoms. The molecule has 4 heteroatoms. The second-order valence-corrected chi connectivity index (χ2v) is 5.84. The molecule has 0 amide bonds. The zero-order valence-corrected chi connectivity index (χ0v) is 10.4. The highest BCUT2D eigenvalue weighted by atomic mass is 32.1. The van der Waals surface area contributed by atoms with Gasteiger partial charge in [0.2, 0.25) is 0 Å². The number of rotatable bonds is 1. The Kier molecular flexibility index (Phi) is 2.19. The van der Waals surface area contributed by atoms with Crippen LogP contribution in [0.2, 0.25) is 0 Å². The van der Waals surface area contributed by atoms with E-state index in [9.17, 15) is 0 Å². The highest BCUT2D eigenvalue weighted by Gasteiger charge is 2.07. The number of nitrogen functional groups attached to an aromatic ring is 1. The second kappa shape index (κ2) is 3.57. The fraction of sp³-hybridized carbons (Fsp3) is 0.0833. The van der Waals surface area contributed by atoms with Gasteiger partial charge < -0.3 is 5.73 Å². The van der Waals surface area contributed by atoms with E-state index < -0.39 is 0 Å². The predicted molar refractivity (Wildman–Crippen MR) is 72.1 cm³/mol. The second-order valence-electron chi connectivity index (χ2n) is 3.69. The molecule has 0 aliphatic heterocycles. The number of nitrogens with two attached hydrogens (primary N) is 1. The standard InChI is InChI=1S/C12H10N2S2/c1-7-2-3-9-8(6-7)14-12(16-9)10-4-5-11(13)15-10/h2-6H,13H2,1H3. The fourth-order valence-corrected chi connectivity index (χ4v) is 3.39. The SMILES string of the molecule is Cc1ccc2sc(-c3ccc(N)s3)nc2c1. The maximum atomic E-state index is 5.73. The smallest absolute Gasteiger partial charge is 0.134 e. The number of hydrogen-bond acceptors (Lipinski definition) is 4. The lowest BCUT2D eigenvalue weighted by Crippen LogP contribution is -1.73. The third kappa shape index (κ3) is 1.60. The van der Waals surface area contributed by atoms with Crippen molar-refractivity contribution in [1.82, 2.24) is 4.98 Å². The maximum absolute atomic E-state index is 5.73. The number of fused-ring (bicyclic) bond motifs is 1. The van der Waals surface area contributed by atoms with Gasteiger partial charge in [-0.15, -0.1) is 22.7 Å². The minimum atomic E-state index is 0.838. The van der Waals surface area contributed by atoms with Crippen LogP contribution in [-0.2, 0) is 0 Å². The summed E-state index contributed by atoms with van der Waals surface area (Å²) in [7, 11) is 0. The molecule has 0 unspecified atom stereocenters. The van der Waals surface area contributed by atoms with E-state index in [1.54, 1.807) is 22.7 Å². The van der Waals surface area contributed by atoms with E-state index in [4.69, 9.17) is 5.73 Å². The van der Waals surface area contributed by atoms with Crippen molar-refractivity contribution in [2.45, 2.75) is 6.92 Å². The zero-order chi connectivity index (χ0) is 11.1. The molecule has 0 aliphatic carbocycles. The van der Waals surface area contributed by atoms with Gasteiger partial charge in [0.05, 0.1) is 20.1 Å². The summed E-state index contributed by atoms with van der Waals surface area (Å²) in [5, 5.41) is 1.90. The van der Waals surface area contributed by atoms with Gasteiger partial charge in [-0.2, -0.15) is 0 Å². The van der Waals surface area contributed by atoms with Crippen molar-refractivity contribution in [3.63, 3.8) is 0 Å². The number of hydrogen-bond donors (Lipinski definition) is 1. The molecule has 3 rings (SSSR count). The summed E-state index contributed by atoms with van der Waals surface area (Å²) < 4.78 is 1.23. The molecule has 2 heterocycles. The van der Waals surface area contributed by atoms with Gasteiger partial charge in [0.25, 0.3) is 0 Å². The first-order chi connectivity index (χ1) is 7.72. The average Bonchev–Trinajstić information content (AvgIpc) is 2.83. The lowest BCUT2D eigenvalue weighted by atomic mass is 10.2. The minimum Gasteiger partial charge on any atom is -0.391 e. The number of thiazole rings is 1. The zero-order valence-electron chi connectivity index (χ0n) is 8.73. The summed E-state index contributed by atoms with van der Waals surface area (Å²) in [6, 6.07) is 10.3. The summed E-state index contributed by atoms with van der Waals surface area (Å²) in [4.78, 5) is 5.78. The first-order valence-electron chi connectivity index (χ1n) is 4.95. The molecule has 2 N–H and O–H groups in total. The van der Waals surface area contributed by atoms with Crippen molar-refractivity contribution < 1.29 is 0 Å². The van der Waals surface area contributed by atoms with Crippen LogP contribution in [0.1, 0.15) is 5.56 Å². The van der Waals surface area contributed by atoms with E-state index >= 15 is 0 Å². The molecule has 2 aromatic heterocycles. The van der Waals surface area contributed by atoms with Gasteiger partial charge in [0.1, 0.15) is 5.01 Å². The van der Waals surface area contributed by atoms with Crippen LogP contribution in [0.3, 0.4) is 0 Å². The van der Waals surface area contributed by atoms with Crippen LogP contribution in [0.4, 0.5) is 5.00 Å². The van der Waals surface area contributed by atoms with E-state index in [1.807, 2.05) is 12.1 Å². The van der Waals surface area contributed by atoms with E-state index in [0.29, 0.717) is 0 Å². The first-order valence-corrected chi connectivity index (χ1v) is 6.58. The monoisotopic (exact) mass is 246 g/mol. The summed E-state index contributed by atoms with van der Waals surface area (Å²) in [5.41, 5.74) is 8.05. The van der Waals surface area contributed by atoms with Crippen LogP contribution < -0.4 is 5.73 Å². The summed E-state index contributed by atoms with van der Waals surface area (Å²) >= 11 is 3.30. The molecule has 3 aromatic rings. The van der Waals surface area contributed by atoms with E-state index in [-0.39, 0.29) is 0 Å². The molecule has 0 atom stereocenters. The van der Waals surface area contributed by atoms with Crippen LogP contribution in [0.25, 0.3) is 20.1 Å². The van der Waals surface area contributed by atoms with Crippen LogP contribution in [0.5, 0.6) is 0 Å². The van der Waals surface area contributed by atoms with Gasteiger partial charge in [-0.25, -0.2) is 4.98 Å². The number of aryl methyl sites for hydroxylation is 1. The Morgan fingerprint density at radius 3 is 2.75 bits per heavy atom. The van der Waals surface area contributed by atoms with Crippen molar-refractivity contribution >= 4 is 37.9 Å². The van der Waals surface area contributed by atoms with Crippen LogP contribution in [0, 0.1) is 6.92 Å². The highest BCUT2D eigenvalue weighted by Crippen LogP contribution is 2.35. The molecule has 0 radical (unpaired) electrons. The number of anilines is 1. The molecule has 16 heavy (non-hydrogen) atoms. The van der Waals surface area contributed by atoms with E-state index in [1.165, 1.54) is 10.3 Å². The van der Waals surface area contributed by atoms with Gasteiger partial charge in [-0.05, 0) is 36.8 Å². The van der Waals surface area contributed by atoms with Crippen molar-refractivity contribution in [2.24, 2.45) is 0 Å². The molecule has 0 fully saturated rings. The predicted octanol–water partition coefficient (Wildman–Crippen LogP) is 3.92. The summed E-state index contributed by atoms with van der Waals surface area (Å²) in [5.74, 6) is 0. The highest BCUT2D eigenvalue weighted by molar-refractivity contribution is 7.26. The fourth-order valence-electron chi connectivity index (χ4n) is 1.61. The molecule has 1 aromatic carbocycles. The van der Waals surface area contributed by atoms with Crippen LogP contribution in [-0.4, -0.2) is 4.98 Å². The van der Waals surface area contributed by atoms with Crippen LogP contribution in [0.15, 0.2) is 30.3 Å². The molecule has 0 spiro atoms. The van der Waals surface area contributed by atoms with Gasteiger partial charge in [-0.1, -0.05) is 6.07 Å². The maximum Gasteiger partial charge on any atom is 0.134 e. The topological polar surface area (TPSA) is 38.9 Å². The molecule has 0 aliphatic rings. The summed E-state index contributed by atoms with van der Waals surface area (Å²) in [6.45, 7) is 2.08. The van der Waals surface area contributed by atoms with Crippen molar-refractivity contribution in [3.05, 3.63) is 35.9 Å². The molecular formula is C12H10N2S2. The Morgan fingerprint density at radius 2 is 2.00 bits per heavy atom. The van der Waals surface area contributed by atoms with Crippen molar-refractivity contribution in [3.8, 4) is 9.88 Å². The molecule has 0 saturated carbocycles. The summed E-state index contributed by atoms with van der Waals surface area (Å²) in [6.07, 6.45) is 0. The lowest BCUT2D eigenvalue weighted by Gasteiger charge is -1.88. The largest absolute Gasteiger partial charge is 0.391 e. The Balaban J connectivity index is 2.18. The number of nitrogens with zero attached hydrogens (tertiary/aromatic N) is 1. The third-order valence-corrected chi connectivity index (χ3v) is 4.50. The van der Waals surface area contributed by atoms with Gasteiger partial charge in [0, 0.05) is 0 Å². The first kappa shape index (κ1) is 9.81. The van der Waals surface area contributed by atoms with Gasteiger partial charge >= 0.3 is 0 Å². The Bertz CT molecular complexity index is 652. The Hall–Kier alpha value is -1.39. The van der Waals surface area contributed by atoms with E-state index in [0.717, 1.165) is 20.4 Å². The normalized spacial score (nSPS) is 11.1. The quantitative estimate of drug-likeness (QED) is 0.707. The molecular weight excluding hydrogens is 236 g/mol. The number of aromatic nitrogens is 1. The van der Waals surface area contributed by atoms with Crippen LogP contribution >= 0.6 is 22.7 Å². The third-order valence-electron chi connectivity index (χ3n) is 2.38. The lowest BCUT2D eigenvalue weighted by molar-refractivity contribution is 1.45. The number of thiophene rings is 1. The van der Waals surface area contributed by atoms with Crippen molar-refractivity contribution in [1.29, 1.82) is 0 Å². The molecule has 0 saturated heterocycles. The Morgan fingerprint density at radius 1 is 1.12 bits per heavy atom. The van der Waals surface area contributed by atoms with Gasteiger partial charge in [0.15, 0.2) is 0 Å². The molecule has 2 nitrogen and oxygen atoms in total. The molecule has 80 valence electrons. The average molecular weight is 246 g/mol. The number of benzene rings is 1. The minimum absolute atomic E-state index is 0.838. The van der Waals surface area contributed by atoms with E-state index in [2.05, 4.69) is 30.1 Å². The Labute approximate surface area is 101 Å². The van der Waals surface area contributed by atoms with Gasteiger partial charge in [-0.3, -0.25) is 0 Å².